The third kappa shape index (κ3) is 2.93. The Bertz CT molecular complexity index is 614. The van der Waals surface area contributed by atoms with Crippen LogP contribution in [0.3, 0.4) is 0 Å². The molecule has 5 nitrogen and oxygen atoms in total. The van der Waals surface area contributed by atoms with Gasteiger partial charge in [0.2, 0.25) is 10.0 Å². The van der Waals surface area contributed by atoms with E-state index in [1.54, 1.807) is 24.3 Å². The highest BCUT2D eigenvalue weighted by Crippen LogP contribution is 2.40. The molecule has 0 bridgehead atoms. The van der Waals surface area contributed by atoms with Crippen molar-refractivity contribution in [2.24, 2.45) is 11.1 Å². The number of nitrogens with two attached hydrogens (primary N) is 1. The van der Waals surface area contributed by atoms with Crippen LogP contribution in [0, 0.1) is 5.92 Å². The normalized spacial score (nSPS) is 30.0. The molecule has 2 unspecified atom stereocenters. The standard InChI is InChI=1S/C15H22N2O3S/c16-21(19,20)14-6-4-13(5-7-14)17-10-9-15(18)8-2-1-3-12(15)11-17/h4-7,12,18H,1-3,8-11H2,(H2,16,19,20). The molecule has 6 heteroatoms. The Morgan fingerprint density at radius 1 is 1.19 bits per heavy atom. The van der Waals surface area contributed by atoms with Gasteiger partial charge >= 0.3 is 0 Å². The molecule has 0 amide bonds. The van der Waals surface area contributed by atoms with Crippen LogP contribution >= 0.6 is 0 Å². The summed E-state index contributed by atoms with van der Waals surface area (Å²) < 4.78 is 22.6. The number of rotatable bonds is 2. The van der Waals surface area contributed by atoms with Crippen molar-refractivity contribution in [3.8, 4) is 0 Å². The number of piperidine rings is 1. The molecular formula is C15H22N2O3S. The van der Waals surface area contributed by atoms with Crippen LogP contribution in [0.2, 0.25) is 0 Å². The molecule has 1 saturated heterocycles. The lowest BCUT2D eigenvalue weighted by atomic mass is 9.71. The van der Waals surface area contributed by atoms with Crippen molar-refractivity contribution in [2.45, 2.75) is 42.6 Å². The van der Waals surface area contributed by atoms with E-state index in [9.17, 15) is 13.5 Å². The molecule has 3 N–H and O–H groups in total. The highest BCUT2D eigenvalue weighted by Gasteiger charge is 2.42. The van der Waals surface area contributed by atoms with Gasteiger partial charge in [-0.3, -0.25) is 0 Å². The van der Waals surface area contributed by atoms with E-state index in [4.69, 9.17) is 5.14 Å². The Labute approximate surface area is 125 Å². The van der Waals surface area contributed by atoms with Crippen LogP contribution < -0.4 is 10.0 Å². The van der Waals surface area contributed by atoms with E-state index in [0.29, 0.717) is 5.92 Å². The maximum atomic E-state index is 11.3. The summed E-state index contributed by atoms with van der Waals surface area (Å²) in [6, 6.07) is 6.69. The van der Waals surface area contributed by atoms with Crippen LogP contribution in [-0.2, 0) is 10.0 Å². The van der Waals surface area contributed by atoms with Gasteiger partial charge in [0.05, 0.1) is 10.5 Å². The van der Waals surface area contributed by atoms with Gasteiger partial charge in [-0.05, 0) is 43.5 Å². The van der Waals surface area contributed by atoms with E-state index >= 15 is 0 Å². The lowest BCUT2D eigenvalue weighted by Crippen LogP contribution is -2.53. The Morgan fingerprint density at radius 2 is 1.90 bits per heavy atom. The van der Waals surface area contributed by atoms with Crippen LogP contribution in [0.1, 0.15) is 32.1 Å². The highest BCUT2D eigenvalue weighted by atomic mass is 32.2. The quantitative estimate of drug-likeness (QED) is 0.866. The number of nitrogens with zero attached hydrogens (tertiary/aromatic N) is 1. The number of sulfonamides is 1. The Balaban J connectivity index is 1.76. The second kappa shape index (κ2) is 5.26. The molecule has 21 heavy (non-hydrogen) atoms. The van der Waals surface area contributed by atoms with E-state index in [1.165, 1.54) is 6.42 Å². The average molecular weight is 310 g/mol. The molecule has 1 aromatic rings. The summed E-state index contributed by atoms with van der Waals surface area (Å²) in [6.45, 7) is 1.65. The van der Waals surface area contributed by atoms with Crippen molar-refractivity contribution in [3.63, 3.8) is 0 Å². The molecular weight excluding hydrogens is 288 g/mol. The van der Waals surface area contributed by atoms with Gasteiger partial charge in [0, 0.05) is 24.7 Å². The summed E-state index contributed by atoms with van der Waals surface area (Å²) in [4.78, 5) is 2.37. The van der Waals surface area contributed by atoms with Crippen LogP contribution in [-0.4, -0.2) is 32.2 Å². The Hall–Kier alpha value is -1.11. The van der Waals surface area contributed by atoms with Crippen LogP contribution in [0.25, 0.3) is 0 Å². The number of fused-ring (bicyclic) bond motifs is 1. The summed E-state index contributed by atoms with van der Waals surface area (Å²) in [5.41, 5.74) is 0.505. The SMILES string of the molecule is NS(=O)(=O)c1ccc(N2CCC3(O)CCCCC3C2)cc1. The van der Waals surface area contributed by atoms with Crippen LogP contribution in [0.5, 0.6) is 0 Å². The zero-order valence-corrected chi connectivity index (χ0v) is 12.8. The van der Waals surface area contributed by atoms with Crippen molar-refractivity contribution in [1.82, 2.24) is 0 Å². The summed E-state index contributed by atoms with van der Waals surface area (Å²) in [5, 5.41) is 15.8. The number of benzene rings is 1. The second-order valence-corrected chi connectivity index (χ2v) is 7.84. The number of aliphatic hydroxyl groups is 1. The van der Waals surface area contributed by atoms with E-state index in [0.717, 1.165) is 44.5 Å². The first-order chi connectivity index (χ1) is 9.88. The first-order valence-corrected chi connectivity index (χ1v) is 9.03. The number of primary sulfonamides is 1. The van der Waals surface area contributed by atoms with Gasteiger partial charge < -0.3 is 10.0 Å². The molecule has 1 aliphatic carbocycles. The minimum Gasteiger partial charge on any atom is -0.389 e. The molecule has 1 aliphatic heterocycles. The monoisotopic (exact) mass is 310 g/mol. The topological polar surface area (TPSA) is 83.6 Å². The zero-order chi connectivity index (χ0) is 15.1. The molecule has 2 atom stereocenters. The van der Waals surface area contributed by atoms with E-state index in [-0.39, 0.29) is 4.90 Å². The van der Waals surface area contributed by atoms with Crippen LogP contribution in [0.4, 0.5) is 5.69 Å². The average Bonchev–Trinajstić information content (AvgIpc) is 2.45. The lowest BCUT2D eigenvalue weighted by molar-refractivity contribution is -0.0612. The summed E-state index contributed by atoms with van der Waals surface area (Å²) in [7, 11) is -3.64. The third-order valence-corrected chi connectivity index (χ3v) is 5.89. The first-order valence-electron chi connectivity index (χ1n) is 7.49. The predicted molar refractivity (Wildman–Crippen MR) is 81.6 cm³/mol. The number of hydrogen-bond donors (Lipinski definition) is 2. The third-order valence-electron chi connectivity index (χ3n) is 4.96. The van der Waals surface area contributed by atoms with Crippen molar-refractivity contribution in [2.75, 3.05) is 18.0 Å². The van der Waals surface area contributed by atoms with Crippen molar-refractivity contribution < 1.29 is 13.5 Å². The smallest absolute Gasteiger partial charge is 0.238 e. The van der Waals surface area contributed by atoms with Gasteiger partial charge in [0.1, 0.15) is 0 Å². The molecule has 1 heterocycles. The van der Waals surface area contributed by atoms with E-state index in [2.05, 4.69) is 4.90 Å². The zero-order valence-electron chi connectivity index (χ0n) is 12.0. The Kier molecular flexibility index (Phi) is 3.71. The largest absolute Gasteiger partial charge is 0.389 e. The molecule has 3 rings (SSSR count). The van der Waals surface area contributed by atoms with Crippen molar-refractivity contribution in [3.05, 3.63) is 24.3 Å². The fourth-order valence-electron chi connectivity index (χ4n) is 3.65. The minimum atomic E-state index is -3.64. The fraction of sp³-hybridized carbons (Fsp3) is 0.600. The summed E-state index contributed by atoms with van der Waals surface area (Å²) >= 11 is 0. The lowest BCUT2D eigenvalue weighted by Gasteiger charge is -2.48. The van der Waals surface area contributed by atoms with Crippen LogP contribution in [0.15, 0.2) is 29.2 Å². The van der Waals surface area contributed by atoms with Gasteiger partial charge in [0.25, 0.3) is 0 Å². The van der Waals surface area contributed by atoms with Gasteiger partial charge in [-0.15, -0.1) is 0 Å². The van der Waals surface area contributed by atoms with Crippen molar-refractivity contribution in [1.29, 1.82) is 0 Å². The summed E-state index contributed by atoms with van der Waals surface area (Å²) in [5.74, 6) is 0.318. The van der Waals surface area contributed by atoms with E-state index < -0.39 is 15.6 Å². The van der Waals surface area contributed by atoms with Gasteiger partial charge in [-0.1, -0.05) is 12.8 Å². The highest BCUT2D eigenvalue weighted by molar-refractivity contribution is 7.89. The van der Waals surface area contributed by atoms with Gasteiger partial charge in [-0.2, -0.15) is 0 Å². The maximum absolute atomic E-state index is 11.3. The molecule has 0 spiro atoms. The summed E-state index contributed by atoms with van der Waals surface area (Å²) in [6.07, 6.45) is 5.08. The number of hydrogen-bond acceptors (Lipinski definition) is 4. The molecule has 1 saturated carbocycles. The molecule has 1 aromatic carbocycles. The maximum Gasteiger partial charge on any atom is 0.238 e. The number of anilines is 1. The first kappa shape index (κ1) is 14.8. The fourth-order valence-corrected chi connectivity index (χ4v) is 4.17. The van der Waals surface area contributed by atoms with Gasteiger partial charge in [-0.25, -0.2) is 13.6 Å². The second-order valence-electron chi connectivity index (χ2n) is 6.28. The molecule has 0 radical (unpaired) electrons. The van der Waals surface area contributed by atoms with Gasteiger partial charge in [0.15, 0.2) is 0 Å². The minimum absolute atomic E-state index is 0.137. The molecule has 0 aromatic heterocycles. The molecule has 116 valence electrons. The molecule has 2 aliphatic rings. The van der Waals surface area contributed by atoms with Crippen molar-refractivity contribution >= 4 is 15.7 Å². The Morgan fingerprint density at radius 3 is 2.57 bits per heavy atom. The molecule has 2 fully saturated rings. The van der Waals surface area contributed by atoms with E-state index in [1.807, 2.05) is 0 Å². The predicted octanol–water partition coefficient (Wildman–Crippen LogP) is 1.47.